The first-order chi connectivity index (χ1) is 18.0. The molecule has 1 aromatic heterocycles. The van der Waals surface area contributed by atoms with Crippen molar-refractivity contribution in [2.75, 3.05) is 59.0 Å². The van der Waals surface area contributed by atoms with Gasteiger partial charge in [-0.3, -0.25) is 33.8 Å². The highest BCUT2D eigenvalue weighted by molar-refractivity contribution is 6.15. The second kappa shape index (κ2) is 9.85. The molecule has 1 aromatic carbocycles. The summed E-state index contributed by atoms with van der Waals surface area (Å²) in [4.78, 5) is 52.0. The molecular formula is C27H31N5O5. The number of benzene rings is 2. The maximum Gasteiger partial charge on any atom is 0.261 e. The van der Waals surface area contributed by atoms with Crippen LogP contribution >= 0.6 is 0 Å². The van der Waals surface area contributed by atoms with Gasteiger partial charge in [-0.05, 0) is 50.6 Å². The number of rotatable bonds is 7. The minimum Gasteiger partial charge on any atom is -0.494 e. The van der Waals surface area contributed by atoms with E-state index in [2.05, 4.69) is 14.8 Å². The van der Waals surface area contributed by atoms with Crippen molar-refractivity contribution in [2.24, 2.45) is 4.99 Å². The van der Waals surface area contributed by atoms with Crippen molar-refractivity contribution in [3.63, 3.8) is 0 Å². The number of H-pyrrole nitrogens is 1. The zero-order valence-electron chi connectivity index (χ0n) is 20.8. The molecule has 4 heterocycles. The Morgan fingerprint density at radius 1 is 0.892 bits per heavy atom. The average molecular weight is 506 g/mol. The Hall–Kier alpha value is -3.34. The largest absolute Gasteiger partial charge is 0.494 e. The highest BCUT2D eigenvalue weighted by Crippen LogP contribution is 2.35. The Balaban J connectivity index is 1.48. The molecule has 2 aromatic rings. The average Bonchev–Trinajstić information content (AvgIpc) is 3.42. The molecule has 0 amide bonds. The molecule has 0 saturated carbocycles. The van der Waals surface area contributed by atoms with Crippen molar-refractivity contribution in [1.82, 2.24) is 19.4 Å². The van der Waals surface area contributed by atoms with Crippen LogP contribution in [-0.4, -0.2) is 83.5 Å². The number of ether oxygens (including phenoxy) is 1. The fourth-order valence-corrected chi connectivity index (χ4v) is 5.87. The lowest BCUT2D eigenvalue weighted by Crippen LogP contribution is -2.39. The van der Waals surface area contributed by atoms with Crippen LogP contribution in [0.5, 0.6) is 5.88 Å². The van der Waals surface area contributed by atoms with Gasteiger partial charge in [-0.1, -0.05) is 0 Å². The molecule has 0 atom stereocenters. The maximum absolute atomic E-state index is 13.7. The fraction of sp³-hybridized carbons (Fsp3) is 0.481. The fourth-order valence-electron chi connectivity index (χ4n) is 5.87. The van der Waals surface area contributed by atoms with E-state index in [0.717, 1.165) is 39.3 Å². The Kier molecular flexibility index (Phi) is 6.39. The Morgan fingerprint density at radius 3 is 2.41 bits per heavy atom. The minimum atomic E-state index is -0.485. The van der Waals surface area contributed by atoms with E-state index in [4.69, 9.17) is 9.73 Å². The Bertz CT molecular complexity index is 1630. The van der Waals surface area contributed by atoms with E-state index in [-0.39, 0.29) is 17.0 Å². The Morgan fingerprint density at radius 2 is 1.62 bits per heavy atom. The lowest BCUT2D eigenvalue weighted by molar-refractivity contribution is 0.0369. The number of hydrogen-bond acceptors (Lipinski definition) is 8. The molecule has 6 rings (SSSR count). The molecule has 3 aliphatic heterocycles. The predicted molar refractivity (Wildman–Crippen MR) is 141 cm³/mol. The zero-order valence-corrected chi connectivity index (χ0v) is 20.8. The molecule has 194 valence electrons. The summed E-state index contributed by atoms with van der Waals surface area (Å²) >= 11 is 0. The van der Waals surface area contributed by atoms with Crippen molar-refractivity contribution in [1.29, 1.82) is 0 Å². The SMILES string of the molecule is O=c1[nH]c(O)c2ccc3c4c2c1c(=NCCN1CCCC1)cc-4c(=O)n(CCCN1CCOCC1)c3=O. The van der Waals surface area contributed by atoms with E-state index in [1.54, 1.807) is 18.2 Å². The number of aromatic hydroxyl groups is 1. The summed E-state index contributed by atoms with van der Waals surface area (Å²) < 4.78 is 6.70. The van der Waals surface area contributed by atoms with Gasteiger partial charge in [-0.2, -0.15) is 0 Å². The standard InChI is InChI=1S/C27H31N5O5/c33-24-17-4-5-18-21-19(27(36)32(26(18)35)10-3-9-31-12-14-37-15-13-31)16-20(23(22(17)21)25(34)29-24)28-6-11-30-7-1-2-8-30/h4-5,16H,1-3,6-15H2,(H2,29,33,34). The van der Waals surface area contributed by atoms with Crippen LogP contribution in [-0.2, 0) is 11.3 Å². The van der Waals surface area contributed by atoms with E-state index >= 15 is 0 Å². The van der Waals surface area contributed by atoms with Crippen molar-refractivity contribution >= 4 is 21.5 Å². The van der Waals surface area contributed by atoms with Gasteiger partial charge < -0.3 is 14.7 Å². The van der Waals surface area contributed by atoms with E-state index in [0.29, 0.717) is 70.8 Å². The first kappa shape index (κ1) is 24.0. The van der Waals surface area contributed by atoms with Crippen molar-refractivity contribution < 1.29 is 9.84 Å². The summed E-state index contributed by atoms with van der Waals surface area (Å²) in [5, 5.41) is 12.4. The second-order valence-corrected chi connectivity index (χ2v) is 10.0. The molecule has 2 N–H and O–H groups in total. The second-order valence-electron chi connectivity index (χ2n) is 10.0. The third kappa shape index (κ3) is 4.28. The number of likely N-dealkylation sites (tertiary alicyclic amines) is 1. The number of hydrogen-bond donors (Lipinski definition) is 2. The van der Waals surface area contributed by atoms with E-state index < -0.39 is 5.56 Å². The van der Waals surface area contributed by atoms with Gasteiger partial charge >= 0.3 is 0 Å². The van der Waals surface area contributed by atoms with Gasteiger partial charge in [0.15, 0.2) is 5.88 Å². The molecule has 1 aliphatic carbocycles. The molecule has 0 radical (unpaired) electrons. The van der Waals surface area contributed by atoms with Crippen LogP contribution < -0.4 is 22.0 Å². The topological polar surface area (TPSA) is 120 Å². The normalized spacial score (nSPS) is 18.2. The molecule has 2 saturated heterocycles. The monoisotopic (exact) mass is 505 g/mol. The lowest BCUT2D eigenvalue weighted by atomic mass is 9.91. The number of nitrogens with one attached hydrogen (secondary N) is 1. The maximum atomic E-state index is 13.7. The molecule has 10 heteroatoms. The smallest absolute Gasteiger partial charge is 0.261 e. The van der Waals surface area contributed by atoms with Crippen molar-refractivity contribution in [3.05, 3.63) is 54.6 Å². The van der Waals surface area contributed by atoms with E-state index in [9.17, 15) is 19.5 Å². The first-order valence-electron chi connectivity index (χ1n) is 13.1. The molecule has 0 unspecified atom stereocenters. The summed E-state index contributed by atoms with van der Waals surface area (Å²) in [7, 11) is 0. The third-order valence-electron chi connectivity index (χ3n) is 7.78. The number of aromatic amines is 1. The van der Waals surface area contributed by atoms with Gasteiger partial charge in [-0.15, -0.1) is 0 Å². The minimum absolute atomic E-state index is 0.281. The van der Waals surface area contributed by atoms with E-state index in [1.165, 1.54) is 17.4 Å². The number of nitrogens with zero attached hydrogens (tertiary/aromatic N) is 4. The number of aromatic nitrogens is 2. The summed E-state index contributed by atoms with van der Waals surface area (Å²) in [5.74, 6) is -0.281. The van der Waals surface area contributed by atoms with Gasteiger partial charge in [0.1, 0.15) is 0 Å². The first-order valence-corrected chi connectivity index (χ1v) is 13.1. The van der Waals surface area contributed by atoms with Crippen LogP contribution in [0.4, 0.5) is 0 Å². The third-order valence-corrected chi connectivity index (χ3v) is 7.78. The van der Waals surface area contributed by atoms with Crippen LogP contribution in [0.15, 0.2) is 37.6 Å². The van der Waals surface area contributed by atoms with E-state index in [1.807, 2.05) is 0 Å². The van der Waals surface area contributed by atoms with Crippen molar-refractivity contribution in [3.8, 4) is 17.0 Å². The van der Waals surface area contributed by atoms with Gasteiger partial charge in [0, 0.05) is 54.4 Å². The quantitative estimate of drug-likeness (QED) is 0.353. The molecule has 4 aliphatic rings. The summed E-state index contributed by atoms with van der Waals surface area (Å²) in [5.41, 5.74) is -0.469. The molecule has 10 nitrogen and oxygen atoms in total. The molecule has 2 fully saturated rings. The van der Waals surface area contributed by atoms with Crippen LogP contribution in [0.2, 0.25) is 0 Å². The van der Waals surface area contributed by atoms with Gasteiger partial charge in [0.25, 0.3) is 16.7 Å². The number of morpholine rings is 1. The van der Waals surface area contributed by atoms with Crippen LogP contribution in [0, 0.1) is 0 Å². The summed E-state index contributed by atoms with van der Waals surface area (Å²) in [6.07, 6.45) is 3.02. The predicted octanol–water partition coefficient (Wildman–Crippen LogP) is 0.608. The molecular weight excluding hydrogens is 474 g/mol. The molecule has 37 heavy (non-hydrogen) atoms. The summed E-state index contributed by atoms with van der Waals surface area (Å²) in [6, 6.07) is 4.92. The molecule has 0 spiro atoms. The number of pyridine rings is 2. The summed E-state index contributed by atoms with van der Waals surface area (Å²) in [6.45, 7) is 7.53. The van der Waals surface area contributed by atoms with Gasteiger partial charge in [0.05, 0.1) is 36.1 Å². The van der Waals surface area contributed by atoms with Crippen molar-refractivity contribution in [2.45, 2.75) is 25.8 Å². The van der Waals surface area contributed by atoms with Crippen LogP contribution in [0.25, 0.3) is 32.7 Å². The van der Waals surface area contributed by atoms with Gasteiger partial charge in [-0.25, -0.2) is 0 Å². The van der Waals surface area contributed by atoms with Gasteiger partial charge in [0.2, 0.25) is 0 Å². The van der Waals surface area contributed by atoms with Crippen LogP contribution in [0.1, 0.15) is 19.3 Å². The van der Waals surface area contributed by atoms with Crippen LogP contribution in [0.3, 0.4) is 0 Å². The highest BCUT2D eigenvalue weighted by atomic mass is 16.5. The zero-order chi connectivity index (χ0) is 25.5. The molecule has 0 bridgehead atoms. The highest BCUT2D eigenvalue weighted by Gasteiger charge is 2.25. The lowest BCUT2D eigenvalue weighted by Gasteiger charge is -2.26. The Labute approximate surface area is 212 Å².